The zero-order valence-electron chi connectivity index (χ0n) is 6.57. The van der Waals surface area contributed by atoms with Gasteiger partial charge in [-0.1, -0.05) is 23.2 Å². The van der Waals surface area contributed by atoms with E-state index in [-0.39, 0.29) is 0 Å². The molecule has 5 nitrogen and oxygen atoms in total. The number of rotatable bonds is 7. The molecular weight excluding hydrogens is 144 g/mol. The summed E-state index contributed by atoms with van der Waals surface area (Å²) in [6.07, 6.45) is 3.96. The molecule has 0 radical (unpaired) electrons. The monoisotopic (exact) mass is 158 g/mol. The first-order valence-corrected chi connectivity index (χ1v) is 3.77. The number of hydrogen-bond donors (Lipinski definition) is 1. The van der Waals surface area contributed by atoms with Gasteiger partial charge >= 0.3 is 0 Å². The van der Waals surface area contributed by atoms with Crippen LogP contribution in [-0.4, -0.2) is 13.1 Å². The summed E-state index contributed by atoms with van der Waals surface area (Å²) in [5, 5.41) is 9.49. The molecule has 0 bridgehead atoms. The van der Waals surface area contributed by atoms with Gasteiger partial charge in [0.2, 0.25) is 0 Å². The predicted molar refractivity (Wildman–Crippen MR) is 43.0 cm³/mol. The largest absolute Gasteiger partial charge is 0.305 e. The summed E-state index contributed by atoms with van der Waals surface area (Å²) >= 11 is 0. The molecule has 0 aromatic rings. The zero-order valence-corrected chi connectivity index (χ0v) is 6.57. The minimum absolute atomic E-state index is 0.429. The van der Waals surface area contributed by atoms with E-state index in [2.05, 4.69) is 15.5 Å². The lowest BCUT2D eigenvalue weighted by atomic mass is 10.2. The van der Waals surface area contributed by atoms with E-state index < -0.39 is 0 Å². The van der Waals surface area contributed by atoms with Gasteiger partial charge in [-0.2, -0.15) is 10.0 Å². The maximum absolute atomic E-state index is 9.64. The number of nitroso groups, excluding NO2 is 1. The summed E-state index contributed by atoms with van der Waals surface area (Å²) < 4.78 is 0. The highest BCUT2D eigenvalue weighted by Gasteiger charge is 1.88. The van der Waals surface area contributed by atoms with E-state index in [4.69, 9.17) is 5.84 Å². The molecular formula is C6H14N4O. The molecule has 2 N–H and O–H groups in total. The van der Waals surface area contributed by atoms with Gasteiger partial charge in [-0.05, 0) is 12.8 Å². The lowest BCUT2D eigenvalue weighted by Gasteiger charge is -1.93. The highest BCUT2D eigenvalue weighted by atomic mass is 16.3. The maximum atomic E-state index is 9.64. The van der Waals surface area contributed by atoms with Gasteiger partial charge in [-0.3, -0.25) is 0 Å². The number of nitrogens with two attached hydrogens (primary N) is 1. The van der Waals surface area contributed by atoms with E-state index in [1.54, 1.807) is 0 Å². The SMILES string of the molecule is NN=NCCCCCCN=O. The van der Waals surface area contributed by atoms with Crippen LogP contribution >= 0.6 is 0 Å². The third-order valence-corrected chi connectivity index (χ3v) is 1.34. The van der Waals surface area contributed by atoms with Gasteiger partial charge in [0, 0.05) is 0 Å². The Balaban J connectivity index is 2.84. The molecule has 64 valence electrons. The van der Waals surface area contributed by atoms with Crippen molar-refractivity contribution in [2.45, 2.75) is 25.7 Å². The molecule has 0 atom stereocenters. The van der Waals surface area contributed by atoms with Crippen molar-refractivity contribution in [1.29, 1.82) is 0 Å². The van der Waals surface area contributed by atoms with Crippen molar-refractivity contribution in [3.63, 3.8) is 0 Å². The molecule has 0 aromatic heterocycles. The predicted octanol–water partition coefficient (Wildman–Crippen LogP) is 1.64. The average molecular weight is 158 g/mol. The van der Waals surface area contributed by atoms with E-state index in [9.17, 15) is 4.91 Å². The van der Waals surface area contributed by atoms with Crippen LogP contribution in [-0.2, 0) is 0 Å². The Morgan fingerprint density at radius 3 is 2.18 bits per heavy atom. The normalized spacial score (nSPS) is 10.5. The van der Waals surface area contributed by atoms with Crippen molar-refractivity contribution in [3.8, 4) is 0 Å². The Morgan fingerprint density at radius 2 is 1.64 bits per heavy atom. The Morgan fingerprint density at radius 1 is 1.00 bits per heavy atom. The highest BCUT2D eigenvalue weighted by Crippen LogP contribution is 1.99. The second-order valence-electron chi connectivity index (χ2n) is 2.25. The molecule has 0 unspecified atom stereocenters. The van der Waals surface area contributed by atoms with Crippen molar-refractivity contribution in [2.75, 3.05) is 13.1 Å². The van der Waals surface area contributed by atoms with Gasteiger partial charge in [0.15, 0.2) is 0 Å². The van der Waals surface area contributed by atoms with Gasteiger partial charge < -0.3 is 5.84 Å². The van der Waals surface area contributed by atoms with Gasteiger partial charge in [0.05, 0.1) is 13.1 Å². The van der Waals surface area contributed by atoms with Crippen molar-refractivity contribution >= 4 is 0 Å². The van der Waals surface area contributed by atoms with E-state index in [1.807, 2.05) is 0 Å². The molecule has 11 heavy (non-hydrogen) atoms. The smallest absolute Gasteiger partial charge is 0.0811 e. The lowest BCUT2D eigenvalue weighted by molar-refractivity contribution is 0.642. The van der Waals surface area contributed by atoms with E-state index in [0.717, 1.165) is 25.7 Å². The van der Waals surface area contributed by atoms with Crippen LogP contribution in [0.4, 0.5) is 0 Å². The van der Waals surface area contributed by atoms with Crippen LogP contribution in [0, 0.1) is 4.91 Å². The molecule has 0 heterocycles. The van der Waals surface area contributed by atoms with Crippen LogP contribution < -0.4 is 5.84 Å². The first-order valence-electron chi connectivity index (χ1n) is 3.77. The fraction of sp³-hybridized carbons (Fsp3) is 1.00. The van der Waals surface area contributed by atoms with Crippen molar-refractivity contribution < 1.29 is 0 Å². The van der Waals surface area contributed by atoms with Gasteiger partial charge in [0.1, 0.15) is 0 Å². The molecule has 0 saturated carbocycles. The number of nitrogens with zero attached hydrogens (tertiary/aromatic N) is 3. The zero-order chi connectivity index (χ0) is 8.36. The van der Waals surface area contributed by atoms with Crippen molar-refractivity contribution in [1.82, 2.24) is 0 Å². The average Bonchev–Trinajstić information content (AvgIpc) is 2.03. The quantitative estimate of drug-likeness (QED) is 0.201. The van der Waals surface area contributed by atoms with Gasteiger partial charge in [-0.15, -0.1) is 0 Å². The minimum atomic E-state index is 0.429. The first kappa shape index (κ1) is 10.0. The molecule has 0 aliphatic rings. The van der Waals surface area contributed by atoms with Crippen LogP contribution in [0.5, 0.6) is 0 Å². The van der Waals surface area contributed by atoms with Crippen LogP contribution in [0.3, 0.4) is 0 Å². The lowest BCUT2D eigenvalue weighted by Crippen LogP contribution is -1.85. The summed E-state index contributed by atoms with van der Waals surface area (Å²) in [5.41, 5.74) is 0. The van der Waals surface area contributed by atoms with Crippen molar-refractivity contribution in [2.24, 2.45) is 21.4 Å². The van der Waals surface area contributed by atoms with E-state index >= 15 is 0 Å². The van der Waals surface area contributed by atoms with Gasteiger partial charge in [-0.25, -0.2) is 0 Å². The highest BCUT2D eigenvalue weighted by molar-refractivity contribution is 4.47. The minimum Gasteiger partial charge on any atom is -0.305 e. The molecule has 0 amide bonds. The van der Waals surface area contributed by atoms with E-state index in [1.165, 1.54) is 0 Å². The third-order valence-electron chi connectivity index (χ3n) is 1.34. The Kier molecular flexibility index (Phi) is 8.18. The molecule has 5 heteroatoms. The Bertz CT molecular complexity index is 115. The third kappa shape index (κ3) is 9.00. The maximum Gasteiger partial charge on any atom is 0.0811 e. The van der Waals surface area contributed by atoms with Crippen molar-refractivity contribution in [3.05, 3.63) is 4.91 Å². The molecule has 0 aliphatic heterocycles. The Hall–Kier alpha value is -1.00. The molecule has 0 saturated heterocycles. The second-order valence-corrected chi connectivity index (χ2v) is 2.25. The Labute approximate surface area is 66.0 Å². The van der Waals surface area contributed by atoms with Crippen LogP contribution in [0.25, 0.3) is 0 Å². The van der Waals surface area contributed by atoms with Crippen LogP contribution in [0.1, 0.15) is 25.7 Å². The summed E-state index contributed by atoms with van der Waals surface area (Å²) in [7, 11) is 0. The molecule has 0 aromatic carbocycles. The van der Waals surface area contributed by atoms with E-state index in [0.29, 0.717) is 13.1 Å². The standard InChI is InChI=1S/C6H14N4O/c7-10-8-5-3-1-2-4-6-9-11/h1-6H2,(H2,7,8). The number of unbranched alkanes of at least 4 members (excludes halogenated alkanes) is 3. The fourth-order valence-electron chi connectivity index (χ4n) is 0.770. The summed E-state index contributed by atoms with van der Waals surface area (Å²) in [6.45, 7) is 1.11. The van der Waals surface area contributed by atoms with Crippen LogP contribution in [0.15, 0.2) is 15.5 Å². The topological polar surface area (TPSA) is 80.2 Å². The molecule has 0 rings (SSSR count). The molecule has 0 aliphatic carbocycles. The summed E-state index contributed by atoms with van der Waals surface area (Å²) in [4.78, 5) is 9.64. The van der Waals surface area contributed by atoms with Crippen LogP contribution in [0.2, 0.25) is 0 Å². The first-order chi connectivity index (χ1) is 5.41. The molecule has 0 spiro atoms. The summed E-state index contributed by atoms with van der Waals surface area (Å²) in [5.74, 6) is 4.79. The second kappa shape index (κ2) is 9.00. The van der Waals surface area contributed by atoms with Gasteiger partial charge in [0.25, 0.3) is 0 Å². The summed E-state index contributed by atoms with van der Waals surface area (Å²) in [6, 6.07) is 0. The molecule has 0 fully saturated rings. The fourth-order valence-corrected chi connectivity index (χ4v) is 0.770. The number of hydrogen-bond acceptors (Lipinski definition) is 4.